The maximum absolute atomic E-state index is 11.2. The largest absolute Gasteiger partial charge is 0.469 e. The van der Waals surface area contributed by atoms with E-state index in [9.17, 15) is 4.79 Å². The molecular formula is C18H30ClIN4O2. The maximum Gasteiger partial charge on any atom is 0.307 e. The molecule has 0 radical (unpaired) electrons. The summed E-state index contributed by atoms with van der Waals surface area (Å²) in [4.78, 5) is 17.7. The Bertz CT molecular complexity index is 568. The van der Waals surface area contributed by atoms with Crippen molar-refractivity contribution in [2.75, 3.05) is 40.3 Å². The molecule has 0 aliphatic carbocycles. The van der Waals surface area contributed by atoms with Gasteiger partial charge in [0.15, 0.2) is 5.96 Å². The molecule has 2 N–H and O–H groups in total. The first kappa shape index (κ1) is 24.9. The first-order valence-electron chi connectivity index (χ1n) is 8.57. The van der Waals surface area contributed by atoms with Crippen LogP contribution in [0.3, 0.4) is 0 Å². The van der Waals surface area contributed by atoms with E-state index in [0.29, 0.717) is 25.5 Å². The fourth-order valence-corrected chi connectivity index (χ4v) is 2.91. The number of ether oxygens (including phenoxy) is 1. The van der Waals surface area contributed by atoms with E-state index in [-0.39, 0.29) is 36.0 Å². The van der Waals surface area contributed by atoms with Crippen LogP contribution in [0.25, 0.3) is 0 Å². The summed E-state index contributed by atoms with van der Waals surface area (Å²) in [6.45, 7) is 7.23. The SMILES string of the molecule is CCN(CC)C(CNC(=NC)NCCC(=O)OC)c1ccccc1Cl.I. The molecule has 1 aromatic carbocycles. The number of aliphatic imine (C=N–C) groups is 1. The summed E-state index contributed by atoms with van der Waals surface area (Å²) in [6.07, 6.45) is 0.293. The third kappa shape index (κ3) is 8.09. The lowest BCUT2D eigenvalue weighted by Crippen LogP contribution is -2.43. The van der Waals surface area contributed by atoms with Crippen LogP contribution in [0.2, 0.25) is 5.02 Å². The van der Waals surface area contributed by atoms with E-state index in [1.165, 1.54) is 7.11 Å². The van der Waals surface area contributed by atoms with Gasteiger partial charge in [0.2, 0.25) is 0 Å². The van der Waals surface area contributed by atoms with Gasteiger partial charge in [0.25, 0.3) is 0 Å². The van der Waals surface area contributed by atoms with Gasteiger partial charge in [-0.25, -0.2) is 0 Å². The highest BCUT2D eigenvalue weighted by atomic mass is 127. The van der Waals surface area contributed by atoms with Crippen LogP contribution in [-0.2, 0) is 9.53 Å². The summed E-state index contributed by atoms with van der Waals surface area (Å²) >= 11 is 6.41. The molecule has 0 heterocycles. The van der Waals surface area contributed by atoms with Gasteiger partial charge in [-0.1, -0.05) is 43.6 Å². The number of esters is 1. The molecule has 0 saturated heterocycles. The molecule has 0 aromatic heterocycles. The Morgan fingerprint density at radius 2 is 1.92 bits per heavy atom. The molecule has 0 amide bonds. The predicted molar refractivity (Wildman–Crippen MR) is 119 cm³/mol. The fourth-order valence-electron chi connectivity index (χ4n) is 2.64. The average Bonchev–Trinajstić information content (AvgIpc) is 2.64. The number of rotatable bonds is 9. The van der Waals surface area contributed by atoms with Crippen LogP contribution in [0.1, 0.15) is 31.9 Å². The van der Waals surface area contributed by atoms with Crippen LogP contribution in [0.5, 0.6) is 0 Å². The van der Waals surface area contributed by atoms with Crippen molar-refractivity contribution in [3.63, 3.8) is 0 Å². The van der Waals surface area contributed by atoms with Crippen molar-refractivity contribution >= 4 is 47.5 Å². The number of methoxy groups -OCH3 is 1. The van der Waals surface area contributed by atoms with E-state index < -0.39 is 0 Å². The smallest absolute Gasteiger partial charge is 0.307 e. The number of halogens is 2. The summed E-state index contributed by atoms with van der Waals surface area (Å²) in [5.74, 6) is 0.396. The first-order chi connectivity index (χ1) is 12.1. The number of benzene rings is 1. The maximum atomic E-state index is 11.2. The molecule has 0 fully saturated rings. The molecule has 1 unspecified atom stereocenters. The molecule has 0 saturated carbocycles. The second-order valence-electron chi connectivity index (χ2n) is 5.46. The van der Waals surface area contributed by atoms with E-state index >= 15 is 0 Å². The Morgan fingerprint density at radius 1 is 1.27 bits per heavy atom. The van der Waals surface area contributed by atoms with Gasteiger partial charge in [-0.3, -0.25) is 14.7 Å². The van der Waals surface area contributed by atoms with Gasteiger partial charge in [0, 0.05) is 25.2 Å². The van der Waals surface area contributed by atoms with Crippen LogP contribution >= 0.6 is 35.6 Å². The van der Waals surface area contributed by atoms with Crippen LogP contribution < -0.4 is 10.6 Å². The van der Waals surface area contributed by atoms with Crippen LogP contribution in [0.4, 0.5) is 0 Å². The molecule has 8 heteroatoms. The van der Waals surface area contributed by atoms with E-state index in [0.717, 1.165) is 23.7 Å². The van der Waals surface area contributed by atoms with Gasteiger partial charge in [0.1, 0.15) is 0 Å². The minimum atomic E-state index is -0.250. The van der Waals surface area contributed by atoms with Crippen molar-refractivity contribution in [1.29, 1.82) is 0 Å². The summed E-state index contributed by atoms with van der Waals surface area (Å²) in [6, 6.07) is 8.03. The normalized spacial score (nSPS) is 12.3. The van der Waals surface area contributed by atoms with E-state index in [1.807, 2.05) is 18.2 Å². The number of hydrogen-bond donors (Lipinski definition) is 2. The minimum absolute atomic E-state index is 0. The Hall–Kier alpha value is -1.06. The number of guanidine groups is 1. The Morgan fingerprint density at radius 3 is 2.46 bits per heavy atom. The number of hydrogen-bond acceptors (Lipinski definition) is 4. The topological polar surface area (TPSA) is 66.0 Å². The van der Waals surface area contributed by atoms with Crippen molar-refractivity contribution in [3.8, 4) is 0 Å². The Kier molecular flexibility index (Phi) is 13.5. The summed E-state index contributed by atoms with van der Waals surface area (Å²) in [7, 11) is 3.09. The van der Waals surface area contributed by atoms with Gasteiger partial charge in [-0.2, -0.15) is 0 Å². The molecule has 0 spiro atoms. The van der Waals surface area contributed by atoms with Gasteiger partial charge in [-0.05, 0) is 24.7 Å². The molecule has 6 nitrogen and oxygen atoms in total. The zero-order chi connectivity index (χ0) is 18.7. The van der Waals surface area contributed by atoms with Crippen LogP contribution in [0.15, 0.2) is 29.3 Å². The molecule has 0 bridgehead atoms. The van der Waals surface area contributed by atoms with Crippen LogP contribution in [-0.4, -0.2) is 57.2 Å². The van der Waals surface area contributed by atoms with E-state index in [4.69, 9.17) is 11.6 Å². The van der Waals surface area contributed by atoms with Crippen LogP contribution in [0, 0.1) is 0 Å². The molecule has 1 aromatic rings. The number of nitrogens with zero attached hydrogens (tertiary/aromatic N) is 2. The highest BCUT2D eigenvalue weighted by molar-refractivity contribution is 14.0. The molecule has 0 aliphatic heterocycles. The molecular weight excluding hydrogens is 467 g/mol. The van der Waals surface area contributed by atoms with Crippen molar-refractivity contribution in [2.45, 2.75) is 26.3 Å². The van der Waals surface area contributed by atoms with Gasteiger partial charge >= 0.3 is 5.97 Å². The third-order valence-electron chi connectivity index (χ3n) is 4.05. The van der Waals surface area contributed by atoms with E-state index in [1.54, 1.807) is 7.05 Å². The monoisotopic (exact) mass is 496 g/mol. The molecule has 1 atom stereocenters. The van der Waals surface area contributed by atoms with Crippen molar-refractivity contribution < 1.29 is 9.53 Å². The second-order valence-corrected chi connectivity index (χ2v) is 5.87. The van der Waals surface area contributed by atoms with Crippen molar-refractivity contribution in [1.82, 2.24) is 15.5 Å². The molecule has 1 rings (SSSR count). The number of nitrogens with one attached hydrogen (secondary N) is 2. The zero-order valence-corrected chi connectivity index (χ0v) is 19.0. The third-order valence-corrected chi connectivity index (χ3v) is 4.40. The summed E-state index contributed by atoms with van der Waals surface area (Å²) in [5, 5.41) is 7.20. The van der Waals surface area contributed by atoms with Crippen molar-refractivity contribution in [2.24, 2.45) is 4.99 Å². The van der Waals surface area contributed by atoms with Crippen molar-refractivity contribution in [3.05, 3.63) is 34.9 Å². The fraction of sp³-hybridized carbons (Fsp3) is 0.556. The minimum Gasteiger partial charge on any atom is -0.469 e. The van der Waals surface area contributed by atoms with Gasteiger partial charge in [-0.15, -0.1) is 24.0 Å². The number of likely N-dealkylation sites (N-methyl/N-ethyl adjacent to an activating group) is 1. The Balaban J connectivity index is 0.00000625. The summed E-state index contributed by atoms with van der Waals surface area (Å²) in [5.41, 5.74) is 1.09. The lowest BCUT2D eigenvalue weighted by Gasteiger charge is -2.31. The van der Waals surface area contributed by atoms with Gasteiger partial charge in [0.05, 0.1) is 19.6 Å². The zero-order valence-electron chi connectivity index (χ0n) is 15.9. The predicted octanol–water partition coefficient (Wildman–Crippen LogP) is 3.07. The highest BCUT2D eigenvalue weighted by Gasteiger charge is 2.20. The first-order valence-corrected chi connectivity index (χ1v) is 8.94. The number of carbonyl (C=O) groups excluding carboxylic acids is 1. The molecule has 0 aliphatic rings. The summed E-state index contributed by atoms with van der Waals surface area (Å²) < 4.78 is 4.63. The van der Waals surface area contributed by atoms with E-state index in [2.05, 4.69) is 45.2 Å². The van der Waals surface area contributed by atoms with Gasteiger partial charge < -0.3 is 15.4 Å². The molecule has 148 valence electrons. The quantitative estimate of drug-likeness (QED) is 0.238. The standard InChI is InChI=1S/C18H29ClN4O2.HI/c1-5-23(6-2)16(14-9-7-8-10-15(14)19)13-22-18(20-3)21-12-11-17(24)25-4;/h7-10,16H,5-6,11-13H2,1-4H3,(H2,20,21,22);1H. The lowest BCUT2D eigenvalue weighted by atomic mass is 10.0. The lowest BCUT2D eigenvalue weighted by molar-refractivity contribution is -0.140. The highest BCUT2D eigenvalue weighted by Crippen LogP contribution is 2.26. The second kappa shape index (κ2) is 14.1. The Labute approximate surface area is 178 Å². The number of carbonyl (C=O) groups is 1. The molecule has 26 heavy (non-hydrogen) atoms. The average molecular weight is 497 g/mol.